The summed E-state index contributed by atoms with van der Waals surface area (Å²) in [6.45, 7) is 7.05. The van der Waals surface area contributed by atoms with Gasteiger partial charge in [-0.05, 0) is 55.5 Å². The van der Waals surface area contributed by atoms with E-state index in [1.807, 2.05) is 31.2 Å². The minimum atomic E-state index is -3.51. The zero-order valence-electron chi connectivity index (χ0n) is 15.9. The van der Waals surface area contributed by atoms with Gasteiger partial charge in [-0.1, -0.05) is 13.8 Å². The first-order valence-electron chi connectivity index (χ1n) is 9.02. The quantitative estimate of drug-likeness (QED) is 0.629. The van der Waals surface area contributed by atoms with Crippen molar-refractivity contribution in [1.82, 2.24) is 4.31 Å². The highest BCUT2D eigenvalue weighted by Gasteiger charge is 2.21. The van der Waals surface area contributed by atoms with E-state index < -0.39 is 10.0 Å². The first-order chi connectivity index (χ1) is 12.9. The number of hydrogen-bond donors (Lipinski definition) is 1. The lowest BCUT2D eigenvalue weighted by Gasteiger charge is -2.18. The van der Waals surface area contributed by atoms with Crippen molar-refractivity contribution in [2.75, 3.05) is 31.6 Å². The van der Waals surface area contributed by atoms with E-state index in [0.717, 1.165) is 11.4 Å². The van der Waals surface area contributed by atoms with Crippen molar-refractivity contribution in [3.05, 3.63) is 54.1 Å². The van der Waals surface area contributed by atoms with E-state index in [0.29, 0.717) is 25.3 Å². The Hall–Kier alpha value is -2.38. The number of anilines is 1. The molecule has 0 saturated carbocycles. The Morgan fingerprint density at radius 3 is 2.07 bits per heavy atom. The number of carbonyl (C=O) groups is 1. The Balaban J connectivity index is 2.01. The second kappa shape index (κ2) is 9.53. The fraction of sp³-hybridized carbons (Fsp3) is 0.350. The van der Waals surface area contributed by atoms with Gasteiger partial charge in [0.2, 0.25) is 10.0 Å². The summed E-state index contributed by atoms with van der Waals surface area (Å²) >= 11 is 0. The van der Waals surface area contributed by atoms with Crippen LogP contribution in [0.3, 0.4) is 0 Å². The predicted octanol–water partition coefficient (Wildman–Crippen LogP) is 3.41. The fourth-order valence-corrected chi connectivity index (χ4v) is 4.10. The van der Waals surface area contributed by atoms with Crippen LogP contribution in [-0.2, 0) is 10.0 Å². The Labute approximate surface area is 161 Å². The minimum absolute atomic E-state index is 0.115. The van der Waals surface area contributed by atoms with E-state index in [1.54, 1.807) is 26.0 Å². The first-order valence-corrected chi connectivity index (χ1v) is 10.5. The summed E-state index contributed by atoms with van der Waals surface area (Å²) < 4.78 is 31.7. The zero-order valence-corrected chi connectivity index (χ0v) is 16.8. The molecule has 0 saturated heterocycles. The Bertz CT molecular complexity index is 843. The first kappa shape index (κ1) is 20.9. The highest BCUT2D eigenvalue weighted by atomic mass is 32.2. The van der Waals surface area contributed by atoms with Crippen molar-refractivity contribution in [1.29, 1.82) is 0 Å². The summed E-state index contributed by atoms with van der Waals surface area (Å²) in [5.74, 6) is 0.662. The summed E-state index contributed by atoms with van der Waals surface area (Å²) in [5, 5.41) is 3.06. The molecule has 146 valence electrons. The molecule has 0 radical (unpaired) electrons. The minimum Gasteiger partial charge on any atom is -0.494 e. The molecule has 0 heterocycles. The van der Waals surface area contributed by atoms with Gasteiger partial charge < -0.3 is 10.1 Å². The van der Waals surface area contributed by atoms with Crippen LogP contribution in [0, 0.1) is 0 Å². The van der Waals surface area contributed by atoms with Crippen molar-refractivity contribution in [3.63, 3.8) is 0 Å². The molecule has 27 heavy (non-hydrogen) atoms. The van der Waals surface area contributed by atoms with E-state index in [1.165, 1.54) is 16.4 Å². The maximum Gasteiger partial charge on any atom is 0.243 e. The van der Waals surface area contributed by atoms with Gasteiger partial charge >= 0.3 is 0 Å². The second-order valence-electron chi connectivity index (χ2n) is 5.85. The van der Waals surface area contributed by atoms with Gasteiger partial charge in [0.15, 0.2) is 5.78 Å². The van der Waals surface area contributed by atoms with Crippen LogP contribution in [0.5, 0.6) is 5.75 Å². The lowest BCUT2D eigenvalue weighted by molar-refractivity contribution is 0.101. The maximum atomic E-state index is 12.5. The molecule has 0 atom stereocenters. The molecule has 2 rings (SSSR count). The van der Waals surface area contributed by atoms with Crippen LogP contribution in [0.4, 0.5) is 5.69 Å². The molecule has 2 aromatic rings. The Morgan fingerprint density at radius 2 is 1.56 bits per heavy atom. The third-order valence-corrected chi connectivity index (χ3v) is 6.20. The molecule has 0 amide bonds. The standard InChI is InChI=1S/C20H26N2O4S/c1-4-22(5-2)27(24,25)19-13-7-16(8-14-19)20(23)15-21-17-9-11-18(12-10-17)26-6-3/h7-14,21H,4-6,15H2,1-3H3. The molecule has 1 N–H and O–H groups in total. The van der Waals surface area contributed by atoms with E-state index in [2.05, 4.69) is 5.32 Å². The molecule has 0 fully saturated rings. The largest absolute Gasteiger partial charge is 0.494 e. The van der Waals surface area contributed by atoms with E-state index in [4.69, 9.17) is 4.74 Å². The van der Waals surface area contributed by atoms with Gasteiger partial charge in [-0.3, -0.25) is 4.79 Å². The van der Waals surface area contributed by atoms with Gasteiger partial charge in [-0.15, -0.1) is 0 Å². The van der Waals surface area contributed by atoms with Crippen molar-refractivity contribution >= 4 is 21.5 Å². The number of hydrogen-bond acceptors (Lipinski definition) is 5. The van der Waals surface area contributed by atoms with Crippen molar-refractivity contribution in [2.45, 2.75) is 25.7 Å². The van der Waals surface area contributed by atoms with Gasteiger partial charge in [-0.25, -0.2) is 8.42 Å². The molecule has 6 nitrogen and oxygen atoms in total. The van der Waals surface area contributed by atoms with Crippen LogP contribution in [-0.4, -0.2) is 44.7 Å². The molecule has 0 aliphatic rings. The van der Waals surface area contributed by atoms with E-state index in [-0.39, 0.29) is 17.2 Å². The summed E-state index contributed by atoms with van der Waals surface area (Å²) in [6.07, 6.45) is 0. The molecular formula is C20H26N2O4S. The monoisotopic (exact) mass is 390 g/mol. The fourth-order valence-electron chi connectivity index (χ4n) is 2.65. The molecule has 2 aromatic carbocycles. The van der Waals surface area contributed by atoms with Crippen LogP contribution in [0.1, 0.15) is 31.1 Å². The summed E-state index contributed by atoms with van der Waals surface area (Å²) in [5.41, 5.74) is 1.28. The molecule has 0 aromatic heterocycles. The molecule has 0 unspecified atom stereocenters. The van der Waals surface area contributed by atoms with E-state index >= 15 is 0 Å². The number of carbonyl (C=O) groups excluding carboxylic acids is 1. The number of ether oxygens (including phenoxy) is 1. The van der Waals surface area contributed by atoms with Crippen LogP contribution >= 0.6 is 0 Å². The zero-order chi connectivity index (χ0) is 19.9. The molecular weight excluding hydrogens is 364 g/mol. The number of Topliss-reactive ketones (excluding diaryl/α,β-unsaturated/α-hetero) is 1. The smallest absolute Gasteiger partial charge is 0.243 e. The van der Waals surface area contributed by atoms with Gasteiger partial charge in [0.1, 0.15) is 5.75 Å². The average Bonchev–Trinajstić information content (AvgIpc) is 2.68. The van der Waals surface area contributed by atoms with Crippen molar-refractivity contribution in [2.24, 2.45) is 0 Å². The van der Waals surface area contributed by atoms with Gasteiger partial charge in [0.25, 0.3) is 0 Å². The lowest BCUT2D eigenvalue weighted by atomic mass is 10.1. The lowest BCUT2D eigenvalue weighted by Crippen LogP contribution is -2.30. The number of rotatable bonds is 10. The molecule has 0 spiro atoms. The third kappa shape index (κ3) is 5.30. The topological polar surface area (TPSA) is 75.7 Å². The molecule has 0 bridgehead atoms. The van der Waals surface area contributed by atoms with Crippen molar-refractivity contribution < 1.29 is 17.9 Å². The number of nitrogens with one attached hydrogen (secondary N) is 1. The summed E-state index contributed by atoms with van der Waals surface area (Å²) in [6, 6.07) is 13.4. The van der Waals surface area contributed by atoms with Crippen molar-refractivity contribution in [3.8, 4) is 5.75 Å². The van der Waals surface area contributed by atoms with Gasteiger partial charge in [-0.2, -0.15) is 4.31 Å². The van der Waals surface area contributed by atoms with Crippen LogP contribution < -0.4 is 10.1 Å². The van der Waals surface area contributed by atoms with Crippen LogP contribution in [0.15, 0.2) is 53.4 Å². The molecule has 0 aliphatic heterocycles. The Morgan fingerprint density at radius 1 is 0.963 bits per heavy atom. The summed E-state index contributed by atoms with van der Waals surface area (Å²) in [7, 11) is -3.51. The molecule has 7 heteroatoms. The second-order valence-corrected chi connectivity index (χ2v) is 7.79. The van der Waals surface area contributed by atoms with Crippen LogP contribution in [0.25, 0.3) is 0 Å². The Kier molecular flexibility index (Phi) is 7.38. The highest BCUT2D eigenvalue weighted by molar-refractivity contribution is 7.89. The maximum absolute atomic E-state index is 12.5. The predicted molar refractivity (Wildman–Crippen MR) is 107 cm³/mol. The van der Waals surface area contributed by atoms with Gasteiger partial charge in [0.05, 0.1) is 18.0 Å². The molecule has 0 aliphatic carbocycles. The van der Waals surface area contributed by atoms with Gasteiger partial charge in [0, 0.05) is 24.3 Å². The SMILES string of the molecule is CCOc1ccc(NCC(=O)c2ccc(S(=O)(=O)N(CC)CC)cc2)cc1. The number of nitrogens with zero attached hydrogens (tertiary/aromatic N) is 1. The average molecular weight is 391 g/mol. The highest BCUT2D eigenvalue weighted by Crippen LogP contribution is 2.18. The third-order valence-electron chi connectivity index (χ3n) is 4.14. The number of sulfonamides is 1. The normalized spacial score (nSPS) is 11.4. The number of ketones is 1. The number of benzene rings is 2. The van der Waals surface area contributed by atoms with Crippen LogP contribution in [0.2, 0.25) is 0 Å². The van der Waals surface area contributed by atoms with E-state index in [9.17, 15) is 13.2 Å². The summed E-state index contributed by atoms with van der Waals surface area (Å²) in [4.78, 5) is 12.5.